The van der Waals surface area contributed by atoms with Crippen molar-refractivity contribution >= 4 is 0 Å². The van der Waals surface area contributed by atoms with Crippen molar-refractivity contribution in [3.63, 3.8) is 0 Å². The van der Waals surface area contributed by atoms with Gasteiger partial charge in [-0.3, -0.25) is 0 Å². The quantitative estimate of drug-likeness (QED) is 0.643. The van der Waals surface area contributed by atoms with Gasteiger partial charge in [-0.05, 0) is 18.8 Å². The van der Waals surface area contributed by atoms with Gasteiger partial charge in [-0.2, -0.15) is 0 Å². The van der Waals surface area contributed by atoms with Crippen molar-refractivity contribution < 1.29 is 0 Å². The monoisotopic (exact) mass is 151 g/mol. The molecule has 0 aromatic carbocycles. The summed E-state index contributed by atoms with van der Waals surface area (Å²) in [4.78, 5) is 0. The Hall–Kier alpha value is -0.560. The van der Waals surface area contributed by atoms with Crippen molar-refractivity contribution in [3.8, 4) is 0 Å². The van der Waals surface area contributed by atoms with Gasteiger partial charge in [-0.15, -0.1) is 0 Å². The lowest BCUT2D eigenvalue weighted by Crippen LogP contribution is -2.24. The fourth-order valence-corrected chi connectivity index (χ4v) is 1.38. The van der Waals surface area contributed by atoms with E-state index in [9.17, 15) is 0 Å². The average Bonchev–Trinajstić information content (AvgIpc) is 1.93. The molecule has 1 aliphatic rings. The maximum absolute atomic E-state index is 5.91. The van der Waals surface area contributed by atoms with Gasteiger partial charge < -0.3 is 5.73 Å². The van der Waals surface area contributed by atoms with E-state index in [1.165, 1.54) is 5.57 Å². The zero-order valence-corrected chi connectivity index (χ0v) is 7.38. The van der Waals surface area contributed by atoms with Crippen LogP contribution in [0.5, 0.6) is 0 Å². The van der Waals surface area contributed by atoms with Crippen LogP contribution in [-0.4, -0.2) is 6.04 Å². The highest BCUT2D eigenvalue weighted by atomic mass is 14.6. The molecule has 0 fully saturated rings. The van der Waals surface area contributed by atoms with E-state index in [2.05, 4.69) is 32.1 Å². The molecule has 2 N–H and O–H groups in total. The molecule has 0 saturated heterocycles. The Kier molecular flexibility index (Phi) is 2.89. The highest BCUT2D eigenvalue weighted by molar-refractivity contribution is 5.23. The lowest BCUT2D eigenvalue weighted by atomic mass is 9.92. The molecule has 0 bridgehead atoms. The van der Waals surface area contributed by atoms with Gasteiger partial charge in [0.15, 0.2) is 0 Å². The van der Waals surface area contributed by atoms with Gasteiger partial charge in [0.05, 0.1) is 0 Å². The number of allylic oxidation sites excluding steroid dienone is 2. The summed E-state index contributed by atoms with van der Waals surface area (Å²) in [5, 5.41) is 0. The lowest BCUT2D eigenvalue weighted by Gasteiger charge is -2.18. The topological polar surface area (TPSA) is 26.0 Å². The smallest absolute Gasteiger partial charge is 0.0291 e. The molecule has 0 saturated carbocycles. The van der Waals surface area contributed by atoms with Gasteiger partial charge in [-0.1, -0.05) is 37.6 Å². The van der Waals surface area contributed by atoms with Gasteiger partial charge in [-0.25, -0.2) is 0 Å². The van der Waals surface area contributed by atoms with Crippen molar-refractivity contribution in [1.82, 2.24) is 0 Å². The second kappa shape index (κ2) is 3.72. The Balaban J connectivity index is 2.54. The fraction of sp³-hybridized carbons (Fsp3) is 0.600. The van der Waals surface area contributed by atoms with E-state index in [0.29, 0.717) is 0 Å². The van der Waals surface area contributed by atoms with Crippen molar-refractivity contribution in [2.45, 2.75) is 32.7 Å². The molecule has 0 aromatic heterocycles. The van der Waals surface area contributed by atoms with E-state index in [4.69, 9.17) is 5.73 Å². The summed E-state index contributed by atoms with van der Waals surface area (Å²) in [6.07, 6.45) is 8.56. The van der Waals surface area contributed by atoms with Crippen LogP contribution in [0.15, 0.2) is 23.8 Å². The summed E-state index contributed by atoms with van der Waals surface area (Å²) in [5.74, 6) is 0.721. The predicted molar refractivity (Wildman–Crippen MR) is 49.3 cm³/mol. The van der Waals surface area contributed by atoms with Crippen molar-refractivity contribution in [2.24, 2.45) is 11.7 Å². The molecule has 62 valence electrons. The fourth-order valence-electron chi connectivity index (χ4n) is 1.38. The van der Waals surface area contributed by atoms with E-state index in [1.807, 2.05) is 0 Å². The van der Waals surface area contributed by atoms with Gasteiger partial charge >= 0.3 is 0 Å². The molecule has 1 heteroatoms. The summed E-state index contributed by atoms with van der Waals surface area (Å²) in [6, 6.07) is 0.280. The van der Waals surface area contributed by atoms with Crippen molar-refractivity contribution in [2.75, 3.05) is 0 Å². The maximum Gasteiger partial charge on any atom is 0.0291 e. The molecule has 11 heavy (non-hydrogen) atoms. The highest BCUT2D eigenvalue weighted by Crippen LogP contribution is 2.18. The normalized spacial score (nSPS) is 24.0. The summed E-state index contributed by atoms with van der Waals surface area (Å²) >= 11 is 0. The first kappa shape index (κ1) is 8.54. The predicted octanol–water partition coefficient (Wildman–Crippen LogP) is 2.25. The third-order valence-corrected chi connectivity index (χ3v) is 1.96. The van der Waals surface area contributed by atoms with Crippen LogP contribution in [0.25, 0.3) is 0 Å². The van der Waals surface area contributed by atoms with Crippen LogP contribution < -0.4 is 5.73 Å². The first-order valence-corrected chi connectivity index (χ1v) is 4.31. The molecule has 1 rings (SSSR count). The molecular weight excluding hydrogens is 134 g/mol. The Morgan fingerprint density at radius 2 is 2.36 bits per heavy atom. The Morgan fingerprint density at radius 1 is 1.64 bits per heavy atom. The second-order valence-corrected chi connectivity index (χ2v) is 3.61. The minimum Gasteiger partial charge on any atom is -0.324 e. The van der Waals surface area contributed by atoms with Gasteiger partial charge in [0.25, 0.3) is 0 Å². The molecule has 1 unspecified atom stereocenters. The number of nitrogens with two attached hydrogens (primary N) is 1. The summed E-state index contributed by atoms with van der Waals surface area (Å²) < 4.78 is 0. The highest BCUT2D eigenvalue weighted by Gasteiger charge is 2.10. The van der Waals surface area contributed by atoms with Crippen LogP contribution in [0, 0.1) is 5.92 Å². The molecule has 0 spiro atoms. The van der Waals surface area contributed by atoms with Crippen LogP contribution in [0.2, 0.25) is 0 Å². The lowest BCUT2D eigenvalue weighted by molar-refractivity contribution is 0.596. The average molecular weight is 151 g/mol. The SMILES string of the molecule is CC(C)CC1=CC=CCC1N. The summed E-state index contributed by atoms with van der Waals surface area (Å²) in [5.41, 5.74) is 7.31. The molecule has 0 amide bonds. The van der Waals surface area contributed by atoms with E-state index < -0.39 is 0 Å². The third-order valence-electron chi connectivity index (χ3n) is 1.96. The molecule has 0 heterocycles. The largest absolute Gasteiger partial charge is 0.324 e. The molecule has 1 nitrogen and oxygen atoms in total. The van der Waals surface area contributed by atoms with Crippen molar-refractivity contribution in [1.29, 1.82) is 0 Å². The minimum absolute atomic E-state index is 0.280. The zero-order valence-electron chi connectivity index (χ0n) is 7.38. The van der Waals surface area contributed by atoms with Crippen LogP contribution in [0.3, 0.4) is 0 Å². The van der Waals surface area contributed by atoms with Crippen LogP contribution >= 0.6 is 0 Å². The number of rotatable bonds is 2. The molecule has 1 aliphatic carbocycles. The summed E-state index contributed by atoms with van der Waals surface area (Å²) in [7, 11) is 0. The third kappa shape index (κ3) is 2.51. The Bertz CT molecular complexity index is 177. The molecule has 0 radical (unpaired) electrons. The van der Waals surface area contributed by atoms with Crippen LogP contribution in [0.4, 0.5) is 0 Å². The Labute approximate surface area is 69.0 Å². The van der Waals surface area contributed by atoms with Gasteiger partial charge in [0, 0.05) is 6.04 Å². The minimum atomic E-state index is 0.280. The molecule has 0 aliphatic heterocycles. The maximum atomic E-state index is 5.91. The number of hydrogen-bond donors (Lipinski definition) is 1. The zero-order chi connectivity index (χ0) is 8.27. The molecular formula is C10H17N. The van der Waals surface area contributed by atoms with E-state index in [-0.39, 0.29) is 6.04 Å². The molecule has 1 atom stereocenters. The van der Waals surface area contributed by atoms with E-state index in [1.54, 1.807) is 0 Å². The van der Waals surface area contributed by atoms with Crippen molar-refractivity contribution in [3.05, 3.63) is 23.8 Å². The van der Waals surface area contributed by atoms with E-state index in [0.717, 1.165) is 18.8 Å². The second-order valence-electron chi connectivity index (χ2n) is 3.61. The molecule has 0 aromatic rings. The van der Waals surface area contributed by atoms with Gasteiger partial charge in [0.2, 0.25) is 0 Å². The van der Waals surface area contributed by atoms with Crippen LogP contribution in [-0.2, 0) is 0 Å². The standard InChI is InChI=1S/C10H17N/c1-8(2)7-9-5-3-4-6-10(9)11/h3-5,8,10H,6-7,11H2,1-2H3. The first-order chi connectivity index (χ1) is 5.20. The number of hydrogen-bond acceptors (Lipinski definition) is 1. The summed E-state index contributed by atoms with van der Waals surface area (Å²) in [6.45, 7) is 4.46. The van der Waals surface area contributed by atoms with E-state index >= 15 is 0 Å². The first-order valence-electron chi connectivity index (χ1n) is 4.31. The van der Waals surface area contributed by atoms with Gasteiger partial charge in [0.1, 0.15) is 0 Å². The van der Waals surface area contributed by atoms with Crippen LogP contribution in [0.1, 0.15) is 26.7 Å². The Morgan fingerprint density at radius 3 is 2.91 bits per heavy atom.